The number of benzene rings is 3. The van der Waals surface area contributed by atoms with E-state index in [0.29, 0.717) is 151 Å². The van der Waals surface area contributed by atoms with Crippen LogP contribution in [0.5, 0.6) is 11.8 Å². The molecule has 126 heavy (non-hydrogen) atoms. The van der Waals surface area contributed by atoms with Gasteiger partial charge in [-0.1, -0.05) is 66.3 Å². The van der Waals surface area contributed by atoms with Crippen LogP contribution in [-0.2, 0) is 28.8 Å². The van der Waals surface area contributed by atoms with E-state index in [2.05, 4.69) is 155 Å². The van der Waals surface area contributed by atoms with Crippen LogP contribution in [0.15, 0.2) is 198 Å². The third kappa shape index (κ3) is 19.4. The van der Waals surface area contributed by atoms with Gasteiger partial charge in [0.25, 0.3) is 0 Å². The highest BCUT2D eigenvalue weighted by Gasteiger charge is 2.48. The van der Waals surface area contributed by atoms with Gasteiger partial charge in [0.2, 0.25) is 47.2 Å². The molecule has 8 aliphatic rings. The number of pyridine rings is 3. The number of hydrogen-bond acceptors (Lipinski definition) is 19. The van der Waals surface area contributed by atoms with E-state index in [4.69, 9.17) is 33.9 Å². The fraction of sp³-hybridized carbons (Fsp3) is 0.330. The van der Waals surface area contributed by atoms with Gasteiger partial charge in [-0.05, 0) is 185 Å². The van der Waals surface area contributed by atoms with Crippen molar-refractivity contribution < 1.29 is 38.2 Å². The second-order valence-corrected chi connectivity index (χ2v) is 34.2. The highest BCUT2D eigenvalue weighted by Crippen LogP contribution is 2.42. The van der Waals surface area contributed by atoms with Crippen LogP contribution in [-0.4, -0.2) is 228 Å². The fourth-order valence-electron chi connectivity index (χ4n) is 17.8. The van der Waals surface area contributed by atoms with Gasteiger partial charge in [-0.2, -0.15) is 15.3 Å². The van der Waals surface area contributed by atoms with Crippen molar-refractivity contribution in [2.24, 2.45) is 16.2 Å². The summed E-state index contributed by atoms with van der Waals surface area (Å²) in [7, 11) is 3.14. The molecule has 0 saturated carbocycles. The standard InChI is InChI=1S/C33H33ClN6O2.C33H34N6O3.C31H31N7O3S/c1-2-3-13-33(14-18-39(22-33)21-30(41)40-16-11-24(12-17-40)23-6-4-5-7-23)32(42)36-26-8-9-28-27(20-26)31(38-37-28)25-10-15-35-29(34)19-25;1-3-13-33(14-18-38(22-33)21-30(40)39-16-11-24(12-17-39)23-6-4-5-7-23)32(41)35-26-8-9-28-27(20-26)31(37-36-28)25-10-15-34-29(19-25)42-2;1-3-9-31(10-15-37(20-31)19-27(39)38-13-7-21(8-14-38)29-33-12-16-42-29)30(40)34-23-4-5-25-24(18-23)28(36-35-25)22-6-11-32-26(17-22)41-2/h4,6-11,15,19-20H,5,12-14,16-18,21-22H2,1H3,(H,36,42)(H,37,38);1,4,6-11,15,19-20H,5,12-14,16-18,21-22H2,2H3,(H,35,41)(H,36,37);1,4-7,11-12,16-18H,8-10,13-15,19-20H2,2H3,(H,34,40)(H,35,36). The minimum atomic E-state index is -0.776. The van der Waals surface area contributed by atoms with Crippen molar-refractivity contribution in [3.05, 3.63) is 208 Å². The number of rotatable bonds is 23. The Hall–Kier alpha value is -13.4. The second kappa shape index (κ2) is 38.8. The number of likely N-dealkylation sites (tertiary alicyclic amines) is 3. The monoisotopic (exact) mass is 1720 g/mol. The molecule has 29 heteroatoms. The number of nitrogens with one attached hydrogen (secondary N) is 6. The lowest BCUT2D eigenvalue weighted by atomic mass is 9.82. The number of carbonyl (C=O) groups is 6. The summed E-state index contributed by atoms with van der Waals surface area (Å²) in [5.74, 6) is 12.4. The first-order valence-corrected chi connectivity index (χ1v) is 43.7. The van der Waals surface area contributed by atoms with E-state index in [1.165, 1.54) is 27.9 Å². The third-order valence-corrected chi connectivity index (χ3v) is 25.9. The predicted octanol–water partition coefficient (Wildman–Crippen LogP) is 13.8. The lowest BCUT2D eigenvalue weighted by Gasteiger charge is -2.30. The Morgan fingerprint density at radius 3 is 1.23 bits per heavy atom. The number of amides is 6. The van der Waals surface area contributed by atoms with Crippen LogP contribution >= 0.6 is 22.9 Å². The average molecular weight is 1730 g/mol. The van der Waals surface area contributed by atoms with E-state index in [0.717, 1.165) is 110 Å². The lowest BCUT2D eigenvalue weighted by molar-refractivity contribution is -0.133. The van der Waals surface area contributed by atoms with Crippen molar-refractivity contribution in [3.63, 3.8) is 0 Å². The molecule has 3 aromatic carbocycles. The SMILES string of the molecule is C#CCC1(C(=O)Nc2ccc3[nH]nc(-c4ccnc(OC)c4)c3c2)CCN(CC(=O)N2CC=C(C3=CCC=C3)CC2)C1.C#CCC1(C(=O)Nc2ccc3[nH]nc(-c4ccnc(OC)c4)c3c2)CCN(CC(=O)N2CC=C(c3nccs3)CC2)C1.CC#CCC1(C(=O)Nc2ccc3[nH]nc(-c4ccnc(Cl)c4)c3c2)CCN(CC(=O)N2CC=C(C3=CCC=C3)CC2)C1. The summed E-state index contributed by atoms with van der Waals surface area (Å²) >= 11 is 7.73. The number of terminal acetylenes is 2. The number of nitrogens with zero attached hydrogens (tertiary/aromatic N) is 13. The van der Waals surface area contributed by atoms with E-state index in [1.807, 2.05) is 110 Å². The molecule has 3 saturated heterocycles. The minimum Gasteiger partial charge on any atom is -0.481 e. The number of carbonyl (C=O) groups excluding carboxylic acids is 6. The molecule has 3 atom stereocenters. The zero-order chi connectivity index (χ0) is 87.3. The van der Waals surface area contributed by atoms with Crippen LogP contribution in [0.1, 0.15) is 82.6 Å². The molecule has 0 spiro atoms. The number of H-pyrrole nitrogens is 3. The van der Waals surface area contributed by atoms with Gasteiger partial charge in [-0.3, -0.25) is 58.8 Å². The van der Waals surface area contributed by atoms with Crippen LogP contribution in [0.4, 0.5) is 17.1 Å². The van der Waals surface area contributed by atoms with Gasteiger partial charge in [-0.15, -0.1) is 47.9 Å². The molecule has 27 nitrogen and oxygen atoms in total. The van der Waals surface area contributed by atoms with Crippen molar-refractivity contribution in [3.8, 4) is 82.1 Å². The third-order valence-electron chi connectivity index (χ3n) is 24.9. The highest BCUT2D eigenvalue weighted by molar-refractivity contribution is 7.10. The van der Waals surface area contributed by atoms with Crippen molar-refractivity contribution >= 4 is 114 Å². The summed E-state index contributed by atoms with van der Waals surface area (Å²) in [6, 6.07) is 28.0. The molecule has 7 aromatic heterocycles. The molecule has 0 radical (unpaired) electrons. The van der Waals surface area contributed by atoms with E-state index < -0.39 is 16.2 Å². The van der Waals surface area contributed by atoms with Gasteiger partial charge in [0, 0.05) is 170 Å². The number of aromatic amines is 3. The van der Waals surface area contributed by atoms with Crippen LogP contribution in [0.25, 0.3) is 72.1 Å². The largest absolute Gasteiger partial charge is 0.481 e. The number of anilines is 3. The number of fused-ring (bicyclic) bond motifs is 3. The van der Waals surface area contributed by atoms with Gasteiger partial charge in [0.1, 0.15) is 27.2 Å². The van der Waals surface area contributed by atoms with Gasteiger partial charge >= 0.3 is 0 Å². The highest BCUT2D eigenvalue weighted by atomic mass is 35.5. The molecular formula is C97H98ClN19O8S. The summed E-state index contributed by atoms with van der Waals surface area (Å²) in [6.07, 6.45) is 45.2. The smallest absolute Gasteiger partial charge is 0.237 e. The summed E-state index contributed by atoms with van der Waals surface area (Å²) in [4.78, 5) is 110. The van der Waals surface area contributed by atoms with Gasteiger partial charge in [0.05, 0.1) is 66.6 Å². The second-order valence-electron chi connectivity index (χ2n) is 32.9. The summed E-state index contributed by atoms with van der Waals surface area (Å²) in [6.45, 7) is 9.86. The number of methoxy groups -OCH3 is 2. The molecule has 2 aliphatic carbocycles. The fourth-order valence-corrected chi connectivity index (χ4v) is 18.7. The first-order valence-electron chi connectivity index (χ1n) is 42.4. The average Bonchev–Trinajstić information content (AvgIpc) is 1.63. The molecule has 6 amide bonds. The maximum atomic E-state index is 13.8. The molecule has 3 unspecified atom stereocenters. The van der Waals surface area contributed by atoms with Crippen molar-refractivity contribution in [1.29, 1.82) is 0 Å². The minimum absolute atomic E-state index is 0.0621. The molecule has 6 aliphatic heterocycles. The van der Waals surface area contributed by atoms with E-state index in [-0.39, 0.29) is 48.5 Å². The zero-order valence-corrected chi connectivity index (χ0v) is 72.2. The topological polar surface area (TPSA) is 314 Å². The normalized spacial score (nSPS) is 19.9. The van der Waals surface area contributed by atoms with Crippen molar-refractivity contribution in [2.75, 3.05) is 128 Å². The number of ether oxygens (including phenoxy) is 2. The quantitative estimate of drug-likeness (QED) is 0.0256. The molecule has 0 bridgehead atoms. The number of allylic oxidation sites excluding steroid dienone is 8. The van der Waals surface area contributed by atoms with Gasteiger partial charge < -0.3 is 40.1 Å². The Morgan fingerprint density at radius 2 is 0.881 bits per heavy atom. The lowest BCUT2D eigenvalue weighted by Crippen LogP contribution is -2.44. The van der Waals surface area contributed by atoms with Crippen LogP contribution in [0.2, 0.25) is 5.15 Å². The van der Waals surface area contributed by atoms with Gasteiger partial charge in [-0.25, -0.2) is 19.9 Å². The molecule has 10 aromatic rings. The summed E-state index contributed by atoms with van der Waals surface area (Å²) in [5.41, 5.74) is 13.4. The van der Waals surface area contributed by atoms with Gasteiger partial charge in [0.15, 0.2) is 0 Å². The molecule has 13 heterocycles. The Morgan fingerprint density at radius 1 is 0.484 bits per heavy atom. The van der Waals surface area contributed by atoms with Crippen LogP contribution in [0.3, 0.4) is 0 Å². The predicted molar refractivity (Wildman–Crippen MR) is 491 cm³/mol. The first kappa shape index (κ1) is 86.1. The Kier molecular flexibility index (Phi) is 26.5. The van der Waals surface area contributed by atoms with Crippen molar-refractivity contribution in [2.45, 2.75) is 77.6 Å². The van der Waals surface area contributed by atoms with Crippen LogP contribution < -0.4 is 25.4 Å². The number of aromatic nitrogens is 10. The maximum absolute atomic E-state index is 13.8. The molecular weight excluding hydrogens is 1630 g/mol. The van der Waals surface area contributed by atoms with E-state index in [9.17, 15) is 28.8 Å². The van der Waals surface area contributed by atoms with Crippen molar-refractivity contribution in [1.82, 2.24) is 79.9 Å². The number of thiazole rings is 1. The summed E-state index contributed by atoms with van der Waals surface area (Å²) in [5, 5.41) is 37.9. The Labute approximate surface area is 740 Å². The maximum Gasteiger partial charge on any atom is 0.237 e. The zero-order valence-electron chi connectivity index (χ0n) is 70.6. The Balaban J connectivity index is 0.000000139. The number of halogens is 1. The Bertz CT molecular complexity index is 6230. The molecule has 18 rings (SSSR count). The van der Waals surface area contributed by atoms with E-state index >= 15 is 0 Å². The van der Waals surface area contributed by atoms with E-state index in [1.54, 1.807) is 63.3 Å². The number of hydrogen-bond donors (Lipinski definition) is 6. The molecule has 642 valence electrons. The molecule has 3 fully saturated rings. The van der Waals surface area contributed by atoms with Crippen LogP contribution in [0, 0.1) is 52.8 Å². The first-order chi connectivity index (χ1) is 61.4. The molecule has 6 N–H and O–H groups in total. The summed E-state index contributed by atoms with van der Waals surface area (Å²) < 4.78 is 10.5.